The summed E-state index contributed by atoms with van der Waals surface area (Å²) in [5.41, 5.74) is 5.59. The molecule has 1 unspecified atom stereocenters. The Morgan fingerprint density at radius 2 is 2.10 bits per heavy atom. The number of hydrogen-bond donors (Lipinski definition) is 2. The van der Waals surface area contributed by atoms with Crippen molar-refractivity contribution in [3.05, 3.63) is 93.6 Å². The largest absolute Gasteiger partial charge is 0.487 e. The van der Waals surface area contributed by atoms with Crippen LogP contribution in [-0.4, -0.2) is 49.8 Å². The van der Waals surface area contributed by atoms with E-state index in [0.717, 1.165) is 60.3 Å². The molecule has 3 aromatic carbocycles. The minimum Gasteiger partial charge on any atom is -0.487 e. The van der Waals surface area contributed by atoms with Crippen LogP contribution in [-0.2, 0) is 37.4 Å². The molecule has 41 heavy (non-hydrogen) atoms. The first-order valence-corrected chi connectivity index (χ1v) is 14.1. The van der Waals surface area contributed by atoms with Crippen LogP contribution in [0.2, 0.25) is 5.02 Å². The van der Waals surface area contributed by atoms with Gasteiger partial charge in [-0.05, 0) is 48.4 Å². The number of nitrogens with one attached hydrogen (secondary N) is 1. The summed E-state index contributed by atoms with van der Waals surface area (Å²) in [5.74, 6) is 0.232. The lowest BCUT2D eigenvalue weighted by molar-refractivity contribution is -0.0592. The Bertz CT molecular complexity index is 1790. The summed E-state index contributed by atoms with van der Waals surface area (Å²) in [6.45, 7) is 3.70. The normalized spacial score (nSPS) is 17.1. The highest BCUT2D eigenvalue weighted by Gasteiger charge is 2.26. The van der Waals surface area contributed by atoms with Crippen LogP contribution in [0.4, 0.5) is 4.39 Å². The Balaban J connectivity index is 1.15. The van der Waals surface area contributed by atoms with E-state index >= 15 is 0 Å². The maximum Gasteiger partial charge on any atom is 0.335 e. The van der Waals surface area contributed by atoms with Crippen molar-refractivity contribution in [2.45, 2.75) is 45.2 Å². The average Bonchev–Trinajstić information content (AvgIpc) is 3.47. The van der Waals surface area contributed by atoms with Gasteiger partial charge in [-0.1, -0.05) is 29.8 Å². The molecule has 8 nitrogen and oxygen atoms in total. The first-order valence-electron chi connectivity index (χ1n) is 13.7. The third kappa shape index (κ3) is 4.94. The monoisotopic (exact) mass is 574 g/mol. The zero-order valence-electron chi connectivity index (χ0n) is 22.2. The second-order valence-corrected chi connectivity index (χ2v) is 11.1. The molecule has 10 heteroatoms. The van der Waals surface area contributed by atoms with Gasteiger partial charge in [-0.15, -0.1) is 0 Å². The number of rotatable bonds is 8. The minimum atomic E-state index is -0.953. The lowest BCUT2D eigenvalue weighted by atomic mass is 10.0. The van der Waals surface area contributed by atoms with Crippen molar-refractivity contribution >= 4 is 39.5 Å². The molecule has 2 N–H and O–H groups in total. The summed E-state index contributed by atoms with van der Waals surface area (Å²) in [6.07, 6.45) is 1.93. The van der Waals surface area contributed by atoms with Gasteiger partial charge in [0.2, 0.25) is 0 Å². The highest BCUT2D eigenvalue weighted by molar-refractivity contribution is 6.30. The SMILES string of the molecule is O=C(O)c1ccc2nc(CN3CCc4[nH]c5c(OCc6ccc(Cl)cc6F)cccc5c4C3)n(CC3CCO3)c2c1. The van der Waals surface area contributed by atoms with Gasteiger partial charge in [-0.2, -0.15) is 0 Å². The molecule has 0 saturated carbocycles. The van der Waals surface area contributed by atoms with Crippen molar-refractivity contribution in [2.75, 3.05) is 13.2 Å². The van der Waals surface area contributed by atoms with Gasteiger partial charge in [0, 0.05) is 47.8 Å². The fourth-order valence-corrected chi connectivity index (χ4v) is 5.94. The number of aromatic carboxylic acids is 1. The highest BCUT2D eigenvalue weighted by atomic mass is 35.5. The second kappa shape index (κ2) is 10.5. The number of aromatic nitrogens is 3. The van der Waals surface area contributed by atoms with E-state index in [-0.39, 0.29) is 24.1 Å². The molecule has 210 valence electrons. The predicted octanol–water partition coefficient (Wildman–Crippen LogP) is 5.93. The first kappa shape index (κ1) is 26.0. The van der Waals surface area contributed by atoms with E-state index in [4.69, 9.17) is 26.1 Å². The number of H-pyrrole nitrogens is 1. The molecule has 2 aliphatic rings. The van der Waals surface area contributed by atoms with E-state index in [9.17, 15) is 14.3 Å². The van der Waals surface area contributed by atoms with E-state index in [0.29, 0.717) is 29.4 Å². The zero-order chi connectivity index (χ0) is 28.1. The van der Waals surface area contributed by atoms with Crippen LogP contribution in [0, 0.1) is 5.82 Å². The quantitative estimate of drug-likeness (QED) is 0.238. The topological polar surface area (TPSA) is 92.6 Å². The molecule has 7 rings (SSSR count). The van der Waals surface area contributed by atoms with Crippen LogP contribution in [0.5, 0.6) is 5.75 Å². The van der Waals surface area contributed by atoms with Crippen LogP contribution in [0.25, 0.3) is 21.9 Å². The standard InChI is InChI=1S/C31H28ClFN4O4/c32-20-6-4-19(24(33)13-20)17-41-28-3-1-2-22-23-15-36(10-8-25(23)35-30(22)28)16-29-34-26-7-5-18(31(38)39)12-27(26)37(29)14-21-9-11-40-21/h1-7,12-13,21,35H,8-11,14-17H2,(H,38,39). The lowest BCUT2D eigenvalue weighted by Gasteiger charge is -2.29. The van der Waals surface area contributed by atoms with Crippen molar-refractivity contribution in [1.82, 2.24) is 19.4 Å². The lowest BCUT2D eigenvalue weighted by Crippen LogP contribution is -2.34. The number of hydrogen-bond acceptors (Lipinski definition) is 5. The van der Waals surface area contributed by atoms with E-state index in [1.807, 2.05) is 12.1 Å². The smallest absolute Gasteiger partial charge is 0.335 e. The van der Waals surface area contributed by atoms with Gasteiger partial charge in [-0.3, -0.25) is 4.90 Å². The van der Waals surface area contributed by atoms with Gasteiger partial charge in [0.15, 0.2) is 0 Å². The molecular weight excluding hydrogens is 547 g/mol. The number of halogens is 2. The molecule has 5 aromatic rings. The van der Waals surface area contributed by atoms with Crippen molar-refractivity contribution in [3.8, 4) is 5.75 Å². The third-order valence-electron chi connectivity index (χ3n) is 8.07. The van der Waals surface area contributed by atoms with Crippen molar-refractivity contribution in [2.24, 2.45) is 0 Å². The molecular formula is C31H28ClFN4O4. The maximum absolute atomic E-state index is 14.3. The molecule has 1 fully saturated rings. The fraction of sp³-hybridized carbons (Fsp3) is 0.290. The van der Waals surface area contributed by atoms with Crippen molar-refractivity contribution in [3.63, 3.8) is 0 Å². The van der Waals surface area contributed by atoms with E-state index in [2.05, 4.69) is 20.5 Å². The Morgan fingerprint density at radius 1 is 1.22 bits per heavy atom. The van der Waals surface area contributed by atoms with Gasteiger partial charge in [0.05, 0.1) is 41.3 Å². The Hall–Kier alpha value is -3.92. The van der Waals surface area contributed by atoms with Crippen molar-refractivity contribution < 1.29 is 23.8 Å². The highest BCUT2D eigenvalue weighted by Crippen LogP contribution is 2.34. The molecule has 0 radical (unpaired) electrons. The average molecular weight is 575 g/mol. The van der Waals surface area contributed by atoms with E-state index < -0.39 is 5.97 Å². The first-order chi connectivity index (χ1) is 19.9. The van der Waals surface area contributed by atoms with Crippen LogP contribution >= 0.6 is 11.6 Å². The molecule has 2 aliphatic heterocycles. The number of para-hydroxylation sites is 1. The van der Waals surface area contributed by atoms with Gasteiger partial charge >= 0.3 is 5.97 Å². The third-order valence-corrected chi connectivity index (χ3v) is 8.30. The number of ether oxygens (including phenoxy) is 2. The molecule has 2 aromatic heterocycles. The molecule has 4 heterocycles. The number of nitrogens with zero attached hydrogens (tertiary/aromatic N) is 3. The number of carboxylic acid groups (broad SMARTS) is 1. The van der Waals surface area contributed by atoms with Gasteiger partial charge in [-0.25, -0.2) is 14.2 Å². The number of benzene rings is 3. The summed E-state index contributed by atoms with van der Waals surface area (Å²) < 4.78 is 28.2. The Labute approximate surface area is 240 Å². The van der Waals surface area contributed by atoms with E-state index in [1.165, 1.54) is 17.3 Å². The summed E-state index contributed by atoms with van der Waals surface area (Å²) in [5, 5.41) is 11.0. The van der Waals surface area contributed by atoms with Crippen LogP contribution in [0.1, 0.15) is 39.4 Å². The van der Waals surface area contributed by atoms with Crippen LogP contribution in [0.3, 0.4) is 0 Å². The number of carbonyl (C=O) groups is 1. The number of aromatic amines is 1. The maximum atomic E-state index is 14.3. The van der Waals surface area contributed by atoms with Gasteiger partial charge in [0.1, 0.15) is 24.0 Å². The summed E-state index contributed by atoms with van der Waals surface area (Å²) in [6, 6.07) is 15.6. The predicted molar refractivity (Wildman–Crippen MR) is 153 cm³/mol. The van der Waals surface area contributed by atoms with Crippen molar-refractivity contribution in [1.29, 1.82) is 0 Å². The molecule has 0 bridgehead atoms. The number of carboxylic acids is 1. The summed E-state index contributed by atoms with van der Waals surface area (Å²) >= 11 is 5.89. The number of imidazole rings is 1. The second-order valence-electron chi connectivity index (χ2n) is 10.7. The molecule has 1 atom stereocenters. The summed E-state index contributed by atoms with van der Waals surface area (Å²) in [4.78, 5) is 22.5. The molecule has 0 spiro atoms. The summed E-state index contributed by atoms with van der Waals surface area (Å²) in [7, 11) is 0. The molecule has 0 amide bonds. The van der Waals surface area contributed by atoms with Gasteiger partial charge < -0.3 is 24.1 Å². The van der Waals surface area contributed by atoms with Gasteiger partial charge in [0.25, 0.3) is 0 Å². The number of fused-ring (bicyclic) bond motifs is 4. The zero-order valence-corrected chi connectivity index (χ0v) is 23.0. The Kier molecular flexibility index (Phi) is 6.65. The fourth-order valence-electron chi connectivity index (χ4n) is 5.78. The molecule has 1 saturated heterocycles. The van der Waals surface area contributed by atoms with Crippen LogP contribution in [0.15, 0.2) is 54.6 Å². The minimum absolute atomic E-state index is 0.0996. The van der Waals surface area contributed by atoms with Crippen LogP contribution < -0.4 is 4.74 Å². The van der Waals surface area contributed by atoms with E-state index in [1.54, 1.807) is 30.3 Å². The Morgan fingerprint density at radius 3 is 2.88 bits per heavy atom. The molecule has 0 aliphatic carbocycles.